The number of nitrogen functional groups attached to an aromatic ring is 1. The van der Waals surface area contributed by atoms with Crippen molar-refractivity contribution in [1.82, 2.24) is 9.97 Å². The number of hydrogen-bond donors (Lipinski definition) is 2. The van der Waals surface area contributed by atoms with Gasteiger partial charge in [-0.15, -0.1) is 0 Å². The Balaban J connectivity index is 2.22. The Morgan fingerprint density at radius 2 is 1.94 bits per heavy atom. The quantitative estimate of drug-likeness (QED) is 0.829. The zero-order valence-corrected chi connectivity index (χ0v) is 10.3. The number of halogens is 1. The van der Waals surface area contributed by atoms with Gasteiger partial charge in [0.15, 0.2) is 4.73 Å². The molecule has 17 heavy (non-hydrogen) atoms. The van der Waals surface area contributed by atoms with Crippen LogP contribution in [0.5, 0.6) is 0 Å². The van der Waals surface area contributed by atoms with Gasteiger partial charge in [0.2, 0.25) is 0 Å². The fourth-order valence-corrected chi connectivity index (χ4v) is 1.67. The molecule has 2 rings (SSSR count). The van der Waals surface area contributed by atoms with E-state index in [9.17, 15) is 0 Å². The molecule has 84 valence electrons. The van der Waals surface area contributed by atoms with Gasteiger partial charge in [-0.3, -0.25) is 0 Å². The average Bonchev–Trinajstić information content (AvgIpc) is 2.28. The Kier molecular flexibility index (Phi) is 3.21. The highest BCUT2D eigenvalue weighted by molar-refractivity contribution is 9.10. The number of anilines is 3. The fourth-order valence-electron chi connectivity index (χ4n) is 1.28. The number of benzene rings is 1. The predicted octanol–water partition coefficient (Wildman–Crippen LogP) is 2.44. The second kappa shape index (κ2) is 4.80. The molecule has 0 bridgehead atoms. The third-order valence-electron chi connectivity index (χ3n) is 2.01. The van der Waals surface area contributed by atoms with E-state index in [-0.39, 0.29) is 0 Å². The molecule has 0 unspecified atom stereocenters. The van der Waals surface area contributed by atoms with E-state index in [1.54, 1.807) is 30.3 Å². The number of hydrogen-bond acceptors (Lipinski definition) is 5. The largest absolute Gasteiger partial charge is 0.383 e. The third kappa shape index (κ3) is 2.92. The number of nitrogens with one attached hydrogen (secondary N) is 1. The first-order chi connectivity index (χ1) is 8.17. The van der Waals surface area contributed by atoms with Gasteiger partial charge in [-0.1, -0.05) is 0 Å². The Morgan fingerprint density at radius 3 is 2.53 bits per heavy atom. The van der Waals surface area contributed by atoms with Crippen LogP contribution >= 0.6 is 15.9 Å². The summed E-state index contributed by atoms with van der Waals surface area (Å²) < 4.78 is 0.425. The van der Waals surface area contributed by atoms with E-state index in [0.29, 0.717) is 21.9 Å². The number of nitrogens with zero attached hydrogens (tertiary/aromatic N) is 3. The molecular formula is C11H8BrN5. The molecule has 5 nitrogen and oxygen atoms in total. The second-order valence-electron chi connectivity index (χ2n) is 3.26. The Bertz CT molecular complexity index is 553. The first-order valence-electron chi connectivity index (χ1n) is 4.74. The highest BCUT2D eigenvalue weighted by Gasteiger charge is 2.00. The van der Waals surface area contributed by atoms with Crippen molar-refractivity contribution in [2.45, 2.75) is 0 Å². The number of nitrogens with two attached hydrogens (primary N) is 1. The van der Waals surface area contributed by atoms with Gasteiger partial charge in [0.1, 0.15) is 11.6 Å². The molecule has 0 aliphatic heterocycles. The summed E-state index contributed by atoms with van der Waals surface area (Å²) in [5, 5.41) is 11.7. The topological polar surface area (TPSA) is 87.6 Å². The molecule has 0 saturated carbocycles. The zero-order valence-electron chi connectivity index (χ0n) is 8.68. The third-order valence-corrected chi connectivity index (χ3v) is 2.36. The molecule has 2 aromatic rings. The Labute approximate surface area is 106 Å². The van der Waals surface area contributed by atoms with Crippen LogP contribution in [-0.4, -0.2) is 9.97 Å². The molecular weight excluding hydrogens is 282 g/mol. The molecule has 3 N–H and O–H groups in total. The summed E-state index contributed by atoms with van der Waals surface area (Å²) >= 11 is 3.16. The molecule has 1 aromatic heterocycles. The molecule has 1 heterocycles. The fraction of sp³-hybridized carbons (Fsp3) is 0. The molecule has 0 fully saturated rings. The molecule has 0 atom stereocenters. The summed E-state index contributed by atoms with van der Waals surface area (Å²) in [6.07, 6.45) is 0. The van der Waals surface area contributed by atoms with E-state index < -0.39 is 0 Å². The van der Waals surface area contributed by atoms with E-state index in [0.717, 1.165) is 5.69 Å². The lowest BCUT2D eigenvalue weighted by Gasteiger charge is -2.06. The van der Waals surface area contributed by atoms with Gasteiger partial charge in [-0.05, 0) is 40.2 Å². The Hall–Kier alpha value is -2.13. The number of nitriles is 1. The van der Waals surface area contributed by atoms with E-state index >= 15 is 0 Å². The maximum Gasteiger partial charge on any atom is 0.200 e. The van der Waals surface area contributed by atoms with Crippen LogP contribution in [-0.2, 0) is 0 Å². The van der Waals surface area contributed by atoms with Crippen molar-refractivity contribution < 1.29 is 0 Å². The molecule has 0 aliphatic rings. The molecule has 0 radical (unpaired) electrons. The molecule has 0 saturated heterocycles. The summed E-state index contributed by atoms with van der Waals surface area (Å²) in [6.45, 7) is 0. The van der Waals surface area contributed by atoms with Crippen LogP contribution < -0.4 is 11.1 Å². The summed E-state index contributed by atoms with van der Waals surface area (Å²) in [6, 6.07) is 10.7. The highest BCUT2D eigenvalue weighted by Crippen LogP contribution is 2.18. The van der Waals surface area contributed by atoms with Crippen LogP contribution in [0.4, 0.5) is 17.3 Å². The van der Waals surface area contributed by atoms with Crippen molar-refractivity contribution in [2.75, 3.05) is 11.1 Å². The summed E-state index contributed by atoms with van der Waals surface area (Å²) in [4.78, 5) is 8.02. The SMILES string of the molecule is N#Cc1ccc(Nc2cc(N)nc(Br)n2)cc1. The van der Waals surface area contributed by atoms with Crippen LogP contribution in [0.25, 0.3) is 0 Å². The van der Waals surface area contributed by atoms with Gasteiger partial charge in [0.05, 0.1) is 11.6 Å². The van der Waals surface area contributed by atoms with Gasteiger partial charge < -0.3 is 11.1 Å². The van der Waals surface area contributed by atoms with Crippen LogP contribution in [0.1, 0.15) is 5.56 Å². The van der Waals surface area contributed by atoms with E-state index in [4.69, 9.17) is 11.0 Å². The molecule has 0 amide bonds. The lowest BCUT2D eigenvalue weighted by atomic mass is 10.2. The van der Waals surface area contributed by atoms with Crippen LogP contribution in [0.15, 0.2) is 35.1 Å². The maximum absolute atomic E-state index is 8.68. The molecule has 1 aromatic carbocycles. The Morgan fingerprint density at radius 1 is 1.24 bits per heavy atom. The first-order valence-corrected chi connectivity index (χ1v) is 5.54. The molecule has 0 spiro atoms. The van der Waals surface area contributed by atoms with Crippen molar-refractivity contribution in [3.63, 3.8) is 0 Å². The number of rotatable bonds is 2. The van der Waals surface area contributed by atoms with E-state index in [1.165, 1.54) is 0 Å². The average molecular weight is 290 g/mol. The zero-order chi connectivity index (χ0) is 12.3. The van der Waals surface area contributed by atoms with Crippen LogP contribution in [0.2, 0.25) is 0 Å². The lowest BCUT2D eigenvalue weighted by Crippen LogP contribution is -1.98. The van der Waals surface area contributed by atoms with Gasteiger partial charge in [-0.2, -0.15) is 5.26 Å². The van der Waals surface area contributed by atoms with E-state index in [2.05, 4.69) is 37.3 Å². The smallest absolute Gasteiger partial charge is 0.200 e. The van der Waals surface area contributed by atoms with Gasteiger partial charge in [-0.25, -0.2) is 9.97 Å². The van der Waals surface area contributed by atoms with Crippen molar-refractivity contribution in [3.8, 4) is 6.07 Å². The van der Waals surface area contributed by atoms with E-state index in [1.807, 2.05) is 0 Å². The van der Waals surface area contributed by atoms with Crippen molar-refractivity contribution in [3.05, 3.63) is 40.6 Å². The minimum absolute atomic E-state index is 0.378. The minimum atomic E-state index is 0.378. The second-order valence-corrected chi connectivity index (χ2v) is 3.97. The first kappa shape index (κ1) is 11.4. The standard InChI is InChI=1S/C11H8BrN5/c12-11-16-9(14)5-10(17-11)15-8-3-1-7(6-13)2-4-8/h1-5H,(H3,14,15,16,17). The summed E-state index contributed by atoms with van der Waals surface area (Å²) in [5.74, 6) is 0.970. The van der Waals surface area contributed by atoms with Crippen LogP contribution in [0.3, 0.4) is 0 Å². The minimum Gasteiger partial charge on any atom is -0.383 e. The predicted molar refractivity (Wildman–Crippen MR) is 68.6 cm³/mol. The van der Waals surface area contributed by atoms with Crippen molar-refractivity contribution in [1.29, 1.82) is 5.26 Å². The number of aromatic nitrogens is 2. The van der Waals surface area contributed by atoms with Gasteiger partial charge in [0.25, 0.3) is 0 Å². The maximum atomic E-state index is 8.68. The summed E-state index contributed by atoms with van der Waals surface area (Å²) in [5.41, 5.74) is 7.03. The molecule has 0 aliphatic carbocycles. The van der Waals surface area contributed by atoms with Crippen molar-refractivity contribution in [2.24, 2.45) is 0 Å². The normalized spacial score (nSPS) is 9.65. The lowest BCUT2D eigenvalue weighted by molar-refractivity contribution is 1.12. The molecule has 6 heteroatoms. The van der Waals surface area contributed by atoms with Crippen molar-refractivity contribution >= 4 is 33.3 Å². The summed E-state index contributed by atoms with van der Waals surface area (Å²) in [7, 11) is 0. The van der Waals surface area contributed by atoms with Gasteiger partial charge in [0, 0.05) is 11.8 Å². The highest BCUT2D eigenvalue weighted by atomic mass is 79.9. The van der Waals surface area contributed by atoms with Gasteiger partial charge >= 0.3 is 0 Å². The van der Waals surface area contributed by atoms with Crippen LogP contribution in [0, 0.1) is 11.3 Å². The monoisotopic (exact) mass is 289 g/mol.